The molecule has 1 aliphatic rings. The number of rotatable bonds is 5. The fraction of sp³-hybridized carbons (Fsp3) is 0.857. The van der Waals surface area contributed by atoms with E-state index in [2.05, 4.69) is 25.7 Å². The second-order valence-electron chi connectivity index (χ2n) is 5.80. The second-order valence-corrected chi connectivity index (χ2v) is 5.80. The number of hydrogen-bond acceptors (Lipinski definition) is 2. The third-order valence-electron chi connectivity index (χ3n) is 4.24. The molecule has 16 heavy (non-hydrogen) atoms. The molecular weight excluding hydrogens is 198 g/mol. The Balaban J connectivity index is 2.74. The third kappa shape index (κ3) is 2.86. The molecule has 2 nitrogen and oxygen atoms in total. The van der Waals surface area contributed by atoms with Gasteiger partial charge in [-0.1, -0.05) is 19.9 Å². The molecule has 0 aromatic carbocycles. The lowest BCUT2D eigenvalue weighted by molar-refractivity contribution is -0.0842. The number of ether oxygens (including phenoxy) is 1. The van der Waals surface area contributed by atoms with E-state index in [1.165, 1.54) is 12.8 Å². The highest BCUT2D eigenvalue weighted by molar-refractivity contribution is 5.00. The van der Waals surface area contributed by atoms with Gasteiger partial charge in [0.1, 0.15) is 0 Å². The second kappa shape index (κ2) is 5.33. The van der Waals surface area contributed by atoms with Crippen molar-refractivity contribution in [1.82, 2.24) is 5.32 Å². The minimum atomic E-state index is 0.0124. The summed E-state index contributed by atoms with van der Waals surface area (Å²) in [7, 11) is 3.88. The molecule has 1 aliphatic carbocycles. The lowest BCUT2D eigenvalue weighted by atomic mass is 9.68. The van der Waals surface area contributed by atoms with Gasteiger partial charge in [-0.3, -0.25) is 0 Å². The number of likely N-dealkylation sites (N-methyl/N-ethyl adjacent to an activating group) is 1. The zero-order valence-corrected chi connectivity index (χ0v) is 11.3. The van der Waals surface area contributed by atoms with E-state index in [1.807, 2.05) is 20.2 Å². The van der Waals surface area contributed by atoms with Crippen molar-refractivity contribution in [2.24, 2.45) is 5.41 Å². The Morgan fingerprint density at radius 2 is 1.88 bits per heavy atom. The lowest BCUT2D eigenvalue weighted by Gasteiger charge is -2.46. The van der Waals surface area contributed by atoms with Crippen LogP contribution in [0.3, 0.4) is 0 Å². The average molecular weight is 225 g/mol. The van der Waals surface area contributed by atoms with Crippen LogP contribution in [0.4, 0.5) is 0 Å². The minimum Gasteiger partial charge on any atom is -0.377 e. The summed E-state index contributed by atoms with van der Waals surface area (Å²) in [5.41, 5.74) is 0.493. The van der Waals surface area contributed by atoms with Crippen molar-refractivity contribution in [2.45, 2.75) is 57.6 Å². The van der Waals surface area contributed by atoms with Crippen LogP contribution in [0.5, 0.6) is 0 Å². The van der Waals surface area contributed by atoms with Gasteiger partial charge in [0.15, 0.2) is 0 Å². The van der Waals surface area contributed by atoms with Crippen molar-refractivity contribution in [1.29, 1.82) is 0 Å². The minimum absolute atomic E-state index is 0.0124. The van der Waals surface area contributed by atoms with Crippen molar-refractivity contribution in [3.8, 4) is 0 Å². The number of methoxy groups -OCH3 is 1. The predicted molar refractivity (Wildman–Crippen MR) is 69.7 cm³/mol. The Morgan fingerprint density at radius 3 is 2.25 bits per heavy atom. The largest absolute Gasteiger partial charge is 0.377 e. The molecule has 0 aliphatic heterocycles. The van der Waals surface area contributed by atoms with Gasteiger partial charge in [-0.2, -0.15) is 0 Å². The molecule has 0 aromatic rings. The molecule has 2 heteroatoms. The SMILES string of the molecule is C=CCC(NC)C1(OC)CCC(C)(C)CC1. The van der Waals surface area contributed by atoms with E-state index < -0.39 is 0 Å². The monoisotopic (exact) mass is 225 g/mol. The lowest BCUT2D eigenvalue weighted by Crippen LogP contribution is -2.53. The maximum atomic E-state index is 5.87. The van der Waals surface area contributed by atoms with Crippen LogP contribution in [0.15, 0.2) is 12.7 Å². The molecule has 0 spiro atoms. The van der Waals surface area contributed by atoms with Crippen LogP contribution >= 0.6 is 0 Å². The molecule has 1 N–H and O–H groups in total. The normalized spacial score (nSPS) is 25.0. The van der Waals surface area contributed by atoms with Crippen LogP contribution in [0.25, 0.3) is 0 Å². The van der Waals surface area contributed by atoms with E-state index in [0.29, 0.717) is 11.5 Å². The Hall–Kier alpha value is -0.340. The van der Waals surface area contributed by atoms with E-state index in [0.717, 1.165) is 19.3 Å². The van der Waals surface area contributed by atoms with Crippen LogP contribution in [-0.4, -0.2) is 25.8 Å². The summed E-state index contributed by atoms with van der Waals surface area (Å²) < 4.78 is 5.87. The molecule has 0 bridgehead atoms. The summed E-state index contributed by atoms with van der Waals surface area (Å²) in [4.78, 5) is 0. The van der Waals surface area contributed by atoms with Crippen molar-refractivity contribution < 1.29 is 4.74 Å². The number of hydrogen-bond donors (Lipinski definition) is 1. The molecule has 0 amide bonds. The van der Waals surface area contributed by atoms with Crippen LogP contribution in [0.2, 0.25) is 0 Å². The fourth-order valence-electron chi connectivity index (χ4n) is 2.81. The Morgan fingerprint density at radius 1 is 1.31 bits per heavy atom. The summed E-state index contributed by atoms with van der Waals surface area (Å²) in [6.07, 6.45) is 7.75. The van der Waals surface area contributed by atoms with Crippen LogP contribution in [-0.2, 0) is 4.74 Å². The Labute approximate surface area is 100 Å². The smallest absolute Gasteiger partial charge is 0.0834 e. The summed E-state index contributed by atoms with van der Waals surface area (Å²) >= 11 is 0. The molecule has 0 aromatic heterocycles. The molecule has 1 atom stereocenters. The van der Waals surface area contributed by atoms with Crippen molar-refractivity contribution in [3.05, 3.63) is 12.7 Å². The van der Waals surface area contributed by atoms with Crippen molar-refractivity contribution >= 4 is 0 Å². The van der Waals surface area contributed by atoms with Gasteiger partial charge >= 0.3 is 0 Å². The molecule has 1 saturated carbocycles. The Kier molecular flexibility index (Phi) is 4.57. The van der Waals surface area contributed by atoms with E-state index in [4.69, 9.17) is 4.74 Å². The van der Waals surface area contributed by atoms with Gasteiger partial charge in [-0.15, -0.1) is 6.58 Å². The quantitative estimate of drug-likeness (QED) is 0.726. The maximum Gasteiger partial charge on any atom is 0.0834 e. The van der Waals surface area contributed by atoms with Gasteiger partial charge < -0.3 is 10.1 Å². The third-order valence-corrected chi connectivity index (χ3v) is 4.24. The predicted octanol–water partition coefficient (Wildman–Crippen LogP) is 3.14. The summed E-state index contributed by atoms with van der Waals surface area (Å²) in [6.45, 7) is 8.55. The zero-order valence-electron chi connectivity index (χ0n) is 11.3. The fourth-order valence-corrected chi connectivity index (χ4v) is 2.81. The van der Waals surface area contributed by atoms with Gasteiger partial charge in [0.25, 0.3) is 0 Å². The topological polar surface area (TPSA) is 21.3 Å². The molecule has 1 unspecified atom stereocenters. The molecule has 0 radical (unpaired) electrons. The average Bonchev–Trinajstić information content (AvgIpc) is 2.27. The van der Waals surface area contributed by atoms with Gasteiger partial charge in [0.05, 0.1) is 5.60 Å². The first kappa shape index (κ1) is 13.7. The maximum absolute atomic E-state index is 5.87. The van der Waals surface area contributed by atoms with Gasteiger partial charge in [0.2, 0.25) is 0 Å². The van der Waals surface area contributed by atoms with Crippen LogP contribution in [0, 0.1) is 5.41 Å². The van der Waals surface area contributed by atoms with Gasteiger partial charge in [0, 0.05) is 13.2 Å². The summed E-state index contributed by atoms with van der Waals surface area (Å²) in [5, 5.41) is 3.40. The first-order chi connectivity index (χ1) is 7.49. The highest BCUT2D eigenvalue weighted by Crippen LogP contribution is 2.43. The van der Waals surface area contributed by atoms with Gasteiger partial charge in [-0.05, 0) is 44.6 Å². The standard InChI is InChI=1S/C14H27NO/c1-6-7-12(15-4)14(16-5)10-8-13(2,3)9-11-14/h6,12,15H,1,7-11H2,2-5H3. The molecule has 0 heterocycles. The van der Waals surface area contributed by atoms with E-state index in [1.54, 1.807) is 0 Å². The summed E-state index contributed by atoms with van der Waals surface area (Å²) in [6, 6.07) is 0.395. The Bertz CT molecular complexity index is 225. The number of nitrogens with one attached hydrogen (secondary N) is 1. The van der Waals surface area contributed by atoms with E-state index in [-0.39, 0.29) is 5.60 Å². The molecule has 94 valence electrons. The van der Waals surface area contributed by atoms with Crippen LogP contribution < -0.4 is 5.32 Å². The summed E-state index contributed by atoms with van der Waals surface area (Å²) in [5.74, 6) is 0. The van der Waals surface area contributed by atoms with E-state index >= 15 is 0 Å². The highest BCUT2D eigenvalue weighted by atomic mass is 16.5. The van der Waals surface area contributed by atoms with Crippen molar-refractivity contribution in [2.75, 3.05) is 14.2 Å². The van der Waals surface area contributed by atoms with Crippen molar-refractivity contribution in [3.63, 3.8) is 0 Å². The van der Waals surface area contributed by atoms with Gasteiger partial charge in [-0.25, -0.2) is 0 Å². The first-order valence-electron chi connectivity index (χ1n) is 6.33. The first-order valence-corrected chi connectivity index (χ1v) is 6.33. The van der Waals surface area contributed by atoms with Crippen LogP contribution in [0.1, 0.15) is 46.0 Å². The molecule has 1 rings (SSSR count). The molecule has 0 saturated heterocycles. The zero-order chi connectivity index (χ0) is 12.2. The highest BCUT2D eigenvalue weighted by Gasteiger charge is 2.43. The molecule has 1 fully saturated rings. The molecular formula is C14H27NO. The van der Waals surface area contributed by atoms with E-state index in [9.17, 15) is 0 Å².